The van der Waals surface area contributed by atoms with Crippen LogP contribution in [0.1, 0.15) is 41.6 Å². The van der Waals surface area contributed by atoms with Gasteiger partial charge in [0.05, 0.1) is 0 Å². The molecule has 2 amide bonds. The fourth-order valence-electron chi connectivity index (χ4n) is 2.55. The van der Waals surface area contributed by atoms with Crippen LogP contribution in [0, 0.1) is 0 Å². The molecule has 1 aromatic carbocycles. The number of hydrogen-bond donors (Lipinski definition) is 1. The number of nitrogens with zero attached hydrogens (tertiary/aromatic N) is 1. The summed E-state index contributed by atoms with van der Waals surface area (Å²) in [5.74, 6) is 1.96. The molecule has 1 saturated heterocycles. The smallest absolute Gasteiger partial charge is 0.251 e. The molecule has 0 aromatic heterocycles. The Morgan fingerprint density at radius 1 is 1.14 bits per heavy atom. The second-order valence-corrected chi connectivity index (χ2v) is 6.63. The molecule has 0 saturated carbocycles. The van der Waals surface area contributed by atoms with E-state index in [4.69, 9.17) is 0 Å². The SMILES string of the molecule is CNC(=O)c1ccc(CSCCC(=O)N2CCCCC2)cc1. The number of carbonyl (C=O) groups is 2. The predicted octanol–water partition coefficient (Wildman–Crippen LogP) is 2.68. The molecule has 22 heavy (non-hydrogen) atoms. The normalized spacial score (nSPS) is 14.7. The van der Waals surface area contributed by atoms with Gasteiger partial charge in [-0.3, -0.25) is 9.59 Å². The van der Waals surface area contributed by atoms with Gasteiger partial charge in [0.2, 0.25) is 5.91 Å². The highest BCUT2D eigenvalue weighted by Crippen LogP contribution is 2.16. The number of nitrogens with one attached hydrogen (secondary N) is 1. The van der Waals surface area contributed by atoms with Gasteiger partial charge in [-0.15, -0.1) is 0 Å². The zero-order valence-corrected chi connectivity index (χ0v) is 14.0. The van der Waals surface area contributed by atoms with Crippen LogP contribution in [0.3, 0.4) is 0 Å². The second kappa shape index (κ2) is 8.83. The molecular formula is C17H24N2O2S. The Kier molecular flexibility index (Phi) is 6.77. The predicted molar refractivity (Wildman–Crippen MR) is 91.0 cm³/mol. The molecule has 0 aliphatic carbocycles. The van der Waals surface area contributed by atoms with Gasteiger partial charge in [0.1, 0.15) is 0 Å². The summed E-state index contributed by atoms with van der Waals surface area (Å²) in [5.41, 5.74) is 1.86. The maximum atomic E-state index is 12.0. The number of amides is 2. The van der Waals surface area contributed by atoms with E-state index < -0.39 is 0 Å². The van der Waals surface area contributed by atoms with Crippen molar-refractivity contribution < 1.29 is 9.59 Å². The lowest BCUT2D eigenvalue weighted by atomic mass is 10.1. The Balaban J connectivity index is 1.67. The van der Waals surface area contributed by atoms with Crippen LogP contribution >= 0.6 is 11.8 Å². The minimum absolute atomic E-state index is 0.0636. The van der Waals surface area contributed by atoms with E-state index in [1.54, 1.807) is 18.8 Å². The van der Waals surface area contributed by atoms with E-state index in [9.17, 15) is 9.59 Å². The Bertz CT molecular complexity index is 496. The quantitative estimate of drug-likeness (QED) is 0.820. The molecule has 4 nitrogen and oxygen atoms in total. The highest BCUT2D eigenvalue weighted by molar-refractivity contribution is 7.98. The van der Waals surface area contributed by atoms with Crippen LogP contribution in [0.4, 0.5) is 0 Å². The van der Waals surface area contributed by atoms with E-state index >= 15 is 0 Å². The van der Waals surface area contributed by atoms with Crippen LogP contribution in [0.25, 0.3) is 0 Å². The number of hydrogen-bond acceptors (Lipinski definition) is 3. The molecule has 0 bridgehead atoms. The highest BCUT2D eigenvalue weighted by atomic mass is 32.2. The van der Waals surface area contributed by atoms with Gasteiger partial charge in [-0.1, -0.05) is 12.1 Å². The summed E-state index contributed by atoms with van der Waals surface area (Å²) in [6.07, 6.45) is 4.18. The van der Waals surface area contributed by atoms with Gasteiger partial charge in [0, 0.05) is 43.6 Å². The molecule has 1 aromatic rings. The third-order valence-corrected chi connectivity index (χ3v) is 4.91. The highest BCUT2D eigenvalue weighted by Gasteiger charge is 2.15. The lowest BCUT2D eigenvalue weighted by Crippen LogP contribution is -2.35. The number of rotatable bonds is 6. The Morgan fingerprint density at radius 3 is 2.45 bits per heavy atom. The summed E-state index contributed by atoms with van der Waals surface area (Å²) >= 11 is 1.77. The van der Waals surface area contributed by atoms with Crippen molar-refractivity contribution in [2.24, 2.45) is 0 Å². The largest absolute Gasteiger partial charge is 0.355 e. The average Bonchev–Trinajstić information content (AvgIpc) is 2.59. The first-order valence-corrected chi connectivity index (χ1v) is 9.02. The van der Waals surface area contributed by atoms with Gasteiger partial charge in [0.15, 0.2) is 0 Å². The van der Waals surface area contributed by atoms with Crippen molar-refractivity contribution in [2.45, 2.75) is 31.4 Å². The summed E-state index contributed by atoms with van der Waals surface area (Å²) < 4.78 is 0. The molecule has 1 aliphatic heterocycles. The van der Waals surface area contributed by atoms with E-state index in [0.717, 1.165) is 37.4 Å². The molecule has 0 unspecified atom stereocenters. The van der Waals surface area contributed by atoms with E-state index in [2.05, 4.69) is 5.32 Å². The first kappa shape index (κ1) is 16.9. The Morgan fingerprint density at radius 2 is 1.82 bits per heavy atom. The molecule has 1 aliphatic rings. The van der Waals surface area contributed by atoms with Crippen LogP contribution in [0.5, 0.6) is 0 Å². The first-order valence-electron chi connectivity index (χ1n) is 7.87. The first-order chi connectivity index (χ1) is 10.7. The zero-order chi connectivity index (χ0) is 15.8. The van der Waals surface area contributed by atoms with E-state index in [-0.39, 0.29) is 5.91 Å². The lowest BCUT2D eigenvalue weighted by molar-refractivity contribution is -0.131. The molecule has 1 heterocycles. The number of carbonyl (C=O) groups excluding carboxylic acids is 2. The number of piperidine rings is 1. The van der Waals surface area contributed by atoms with Crippen molar-refractivity contribution in [3.8, 4) is 0 Å². The van der Waals surface area contributed by atoms with E-state index in [1.165, 1.54) is 12.0 Å². The van der Waals surface area contributed by atoms with Gasteiger partial charge >= 0.3 is 0 Å². The van der Waals surface area contributed by atoms with Crippen LogP contribution < -0.4 is 5.32 Å². The third-order valence-electron chi connectivity index (χ3n) is 3.88. The van der Waals surface area contributed by atoms with Crippen molar-refractivity contribution in [1.82, 2.24) is 10.2 Å². The third kappa shape index (κ3) is 5.05. The molecule has 5 heteroatoms. The minimum atomic E-state index is -0.0636. The summed E-state index contributed by atoms with van der Waals surface area (Å²) in [4.78, 5) is 25.5. The fraction of sp³-hybridized carbons (Fsp3) is 0.529. The standard InChI is InChI=1S/C17H24N2O2S/c1-18-17(21)15-7-5-14(6-8-15)13-22-12-9-16(20)19-10-3-2-4-11-19/h5-8H,2-4,9-13H2,1H3,(H,18,21). The summed E-state index contributed by atoms with van der Waals surface area (Å²) in [7, 11) is 1.63. The Labute approximate surface area is 136 Å². The molecule has 120 valence electrons. The topological polar surface area (TPSA) is 49.4 Å². The summed E-state index contributed by atoms with van der Waals surface area (Å²) in [6, 6.07) is 7.63. The minimum Gasteiger partial charge on any atom is -0.355 e. The van der Waals surface area contributed by atoms with E-state index in [0.29, 0.717) is 17.9 Å². The van der Waals surface area contributed by atoms with Gasteiger partial charge in [-0.25, -0.2) is 0 Å². The fourth-order valence-corrected chi connectivity index (χ4v) is 3.44. The molecule has 0 spiro atoms. The van der Waals surface area contributed by atoms with Crippen molar-refractivity contribution in [2.75, 3.05) is 25.9 Å². The number of benzene rings is 1. The second-order valence-electron chi connectivity index (χ2n) is 5.52. The van der Waals surface area contributed by atoms with E-state index in [1.807, 2.05) is 29.2 Å². The van der Waals surface area contributed by atoms with Gasteiger partial charge < -0.3 is 10.2 Å². The monoisotopic (exact) mass is 320 g/mol. The van der Waals surface area contributed by atoms with Crippen molar-refractivity contribution >= 4 is 23.6 Å². The van der Waals surface area contributed by atoms with Gasteiger partial charge in [-0.2, -0.15) is 11.8 Å². The maximum absolute atomic E-state index is 12.0. The van der Waals surface area contributed by atoms with Gasteiger partial charge in [0.25, 0.3) is 5.91 Å². The summed E-state index contributed by atoms with van der Waals surface area (Å²) in [5, 5.41) is 2.61. The van der Waals surface area contributed by atoms with Crippen molar-refractivity contribution in [3.63, 3.8) is 0 Å². The molecule has 1 fully saturated rings. The van der Waals surface area contributed by atoms with Crippen LogP contribution in [0.2, 0.25) is 0 Å². The maximum Gasteiger partial charge on any atom is 0.251 e. The molecule has 1 N–H and O–H groups in total. The van der Waals surface area contributed by atoms with Crippen LogP contribution in [0.15, 0.2) is 24.3 Å². The van der Waals surface area contributed by atoms with Gasteiger partial charge in [-0.05, 0) is 37.0 Å². The van der Waals surface area contributed by atoms with Crippen molar-refractivity contribution in [1.29, 1.82) is 0 Å². The molecule has 0 atom stereocenters. The zero-order valence-electron chi connectivity index (χ0n) is 13.1. The summed E-state index contributed by atoms with van der Waals surface area (Å²) in [6.45, 7) is 1.87. The number of likely N-dealkylation sites (tertiary alicyclic amines) is 1. The molecular weight excluding hydrogens is 296 g/mol. The van der Waals surface area contributed by atoms with Crippen molar-refractivity contribution in [3.05, 3.63) is 35.4 Å². The molecule has 2 rings (SSSR count). The average molecular weight is 320 g/mol. The van der Waals surface area contributed by atoms with Crippen LogP contribution in [-0.4, -0.2) is 42.6 Å². The van der Waals surface area contributed by atoms with Crippen LogP contribution in [-0.2, 0) is 10.5 Å². The lowest BCUT2D eigenvalue weighted by Gasteiger charge is -2.26. The Hall–Kier alpha value is -1.49. The number of thioether (sulfide) groups is 1. The molecule has 0 radical (unpaired) electrons.